The van der Waals surface area contributed by atoms with Crippen molar-refractivity contribution in [3.63, 3.8) is 0 Å². The Balaban J connectivity index is 2.24. The molecule has 2 aromatic heterocycles. The molecule has 0 N–H and O–H groups in total. The van der Waals surface area contributed by atoms with Crippen molar-refractivity contribution in [3.05, 3.63) is 51.5 Å². The van der Waals surface area contributed by atoms with Gasteiger partial charge in [0.1, 0.15) is 0 Å². The van der Waals surface area contributed by atoms with Crippen molar-refractivity contribution >= 4 is 21.7 Å². The van der Waals surface area contributed by atoms with Gasteiger partial charge in [0.25, 0.3) is 0 Å². The first-order valence-corrected chi connectivity index (χ1v) is 6.86. The number of hydrogen-bond acceptors (Lipinski definition) is 4. The van der Waals surface area contributed by atoms with Crippen molar-refractivity contribution in [2.45, 2.75) is 26.7 Å². The van der Waals surface area contributed by atoms with Crippen LogP contribution in [0, 0.1) is 6.92 Å². The molecular weight excluding hydrogens is 306 g/mol. The van der Waals surface area contributed by atoms with Crippen LogP contribution in [0.2, 0.25) is 0 Å². The molecule has 0 aliphatic rings. The number of Topliss-reactive ketones (excluding diaryl/α,β-unsaturated/α-hetero) is 1. The molecule has 0 radical (unpaired) electrons. The molecule has 0 atom stereocenters. The van der Waals surface area contributed by atoms with E-state index < -0.39 is 0 Å². The molecule has 0 aromatic carbocycles. The largest absolute Gasteiger partial charge is 0.294 e. The van der Waals surface area contributed by atoms with Crippen LogP contribution in [0.5, 0.6) is 0 Å². The summed E-state index contributed by atoms with van der Waals surface area (Å²) in [7, 11) is 0. The van der Waals surface area contributed by atoms with Gasteiger partial charge in [-0.15, -0.1) is 0 Å². The Kier molecular flexibility index (Phi) is 4.37. The van der Waals surface area contributed by atoms with Crippen LogP contribution in [0.1, 0.15) is 34.4 Å². The van der Waals surface area contributed by atoms with Crippen molar-refractivity contribution < 1.29 is 4.79 Å². The number of aromatic nitrogens is 3. The number of hydrogen-bond donors (Lipinski definition) is 0. The third-order valence-corrected chi connectivity index (χ3v) is 3.23. The SMILES string of the molecule is CCc1nnc(C)cc1C(=O)Cc1ccc(Br)cn1. The zero-order chi connectivity index (χ0) is 13.8. The predicted molar refractivity (Wildman–Crippen MR) is 76.1 cm³/mol. The minimum absolute atomic E-state index is 0.0321. The number of carbonyl (C=O) groups is 1. The van der Waals surface area contributed by atoms with Gasteiger partial charge >= 0.3 is 0 Å². The van der Waals surface area contributed by atoms with E-state index in [9.17, 15) is 4.79 Å². The van der Waals surface area contributed by atoms with Gasteiger partial charge in [0.05, 0.1) is 17.8 Å². The maximum Gasteiger partial charge on any atom is 0.170 e. The van der Waals surface area contributed by atoms with Crippen LogP contribution >= 0.6 is 15.9 Å². The quantitative estimate of drug-likeness (QED) is 0.813. The highest BCUT2D eigenvalue weighted by molar-refractivity contribution is 9.10. The van der Waals surface area contributed by atoms with Crippen molar-refractivity contribution in [1.29, 1.82) is 0 Å². The Morgan fingerprint density at radius 3 is 2.74 bits per heavy atom. The third-order valence-electron chi connectivity index (χ3n) is 2.76. The Bertz CT molecular complexity index is 596. The summed E-state index contributed by atoms with van der Waals surface area (Å²) in [6, 6.07) is 5.52. The van der Waals surface area contributed by atoms with Crippen molar-refractivity contribution in [2.75, 3.05) is 0 Å². The smallest absolute Gasteiger partial charge is 0.170 e. The summed E-state index contributed by atoms with van der Waals surface area (Å²) in [5.41, 5.74) is 2.90. The highest BCUT2D eigenvalue weighted by Gasteiger charge is 2.14. The van der Waals surface area contributed by atoms with Crippen LogP contribution < -0.4 is 0 Å². The summed E-state index contributed by atoms with van der Waals surface area (Å²) >= 11 is 3.32. The number of ketones is 1. The van der Waals surface area contributed by atoms with Gasteiger partial charge in [0, 0.05) is 21.9 Å². The van der Waals surface area contributed by atoms with E-state index in [-0.39, 0.29) is 12.2 Å². The molecular formula is C14H14BrN3O. The predicted octanol–water partition coefficient (Wildman–Crippen LogP) is 2.93. The van der Waals surface area contributed by atoms with E-state index >= 15 is 0 Å². The maximum atomic E-state index is 12.3. The van der Waals surface area contributed by atoms with Crippen LogP contribution in [0.15, 0.2) is 28.9 Å². The maximum absolute atomic E-state index is 12.3. The fourth-order valence-electron chi connectivity index (χ4n) is 1.79. The molecule has 0 unspecified atom stereocenters. The van der Waals surface area contributed by atoms with Gasteiger partial charge in [0.2, 0.25) is 0 Å². The Morgan fingerprint density at radius 1 is 1.32 bits per heavy atom. The summed E-state index contributed by atoms with van der Waals surface area (Å²) in [4.78, 5) is 16.5. The number of rotatable bonds is 4. The van der Waals surface area contributed by atoms with E-state index in [0.717, 1.165) is 21.6 Å². The van der Waals surface area contributed by atoms with Gasteiger partial charge in [-0.05, 0) is 47.5 Å². The van der Waals surface area contributed by atoms with E-state index in [0.29, 0.717) is 12.0 Å². The molecule has 2 rings (SSSR count). The molecule has 5 heteroatoms. The van der Waals surface area contributed by atoms with E-state index in [2.05, 4.69) is 31.1 Å². The Morgan fingerprint density at radius 2 is 2.11 bits per heavy atom. The number of carbonyl (C=O) groups excluding carboxylic acids is 1. The van der Waals surface area contributed by atoms with Crippen LogP contribution in [0.4, 0.5) is 0 Å². The second-order valence-electron chi connectivity index (χ2n) is 4.27. The zero-order valence-electron chi connectivity index (χ0n) is 10.9. The second-order valence-corrected chi connectivity index (χ2v) is 5.18. The molecule has 0 aliphatic heterocycles. The summed E-state index contributed by atoms with van der Waals surface area (Å²) in [5.74, 6) is 0.0321. The minimum atomic E-state index is 0.0321. The molecule has 0 amide bonds. The van der Waals surface area contributed by atoms with Gasteiger partial charge in [-0.2, -0.15) is 10.2 Å². The lowest BCUT2D eigenvalue weighted by Gasteiger charge is -2.06. The highest BCUT2D eigenvalue weighted by Crippen LogP contribution is 2.13. The van der Waals surface area contributed by atoms with Crippen LogP contribution in [0.3, 0.4) is 0 Å². The second kappa shape index (κ2) is 6.02. The number of pyridine rings is 1. The lowest BCUT2D eigenvalue weighted by Crippen LogP contribution is -2.11. The van der Waals surface area contributed by atoms with E-state index in [1.807, 2.05) is 26.0 Å². The highest BCUT2D eigenvalue weighted by atomic mass is 79.9. The lowest BCUT2D eigenvalue weighted by atomic mass is 10.0. The molecule has 0 aliphatic carbocycles. The summed E-state index contributed by atoms with van der Waals surface area (Å²) in [5, 5.41) is 8.06. The normalized spacial score (nSPS) is 10.5. The minimum Gasteiger partial charge on any atom is -0.294 e. The fraction of sp³-hybridized carbons (Fsp3) is 0.286. The summed E-state index contributed by atoms with van der Waals surface area (Å²) < 4.78 is 0.902. The summed E-state index contributed by atoms with van der Waals surface area (Å²) in [6.07, 6.45) is 2.67. The zero-order valence-corrected chi connectivity index (χ0v) is 12.4. The topological polar surface area (TPSA) is 55.7 Å². The molecule has 0 bridgehead atoms. The fourth-order valence-corrected chi connectivity index (χ4v) is 2.02. The van der Waals surface area contributed by atoms with Gasteiger partial charge in [-0.25, -0.2) is 0 Å². The van der Waals surface area contributed by atoms with E-state index in [4.69, 9.17) is 0 Å². The number of halogens is 1. The first-order valence-electron chi connectivity index (χ1n) is 6.07. The Labute approximate surface area is 120 Å². The Hall–Kier alpha value is -1.62. The van der Waals surface area contributed by atoms with Crippen LogP contribution in [-0.4, -0.2) is 21.0 Å². The average molecular weight is 320 g/mol. The van der Waals surface area contributed by atoms with Crippen molar-refractivity contribution in [2.24, 2.45) is 0 Å². The monoisotopic (exact) mass is 319 g/mol. The van der Waals surface area contributed by atoms with Gasteiger partial charge in [-0.1, -0.05) is 6.92 Å². The summed E-state index contributed by atoms with van der Waals surface area (Å²) in [6.45, 7) is 3.80. The molecule has 2 heterocycles. The average Bonchev–Trinajstić information content (AvgIpc) is 2.41. The van der Waals surface area contributed by atoms with Gasteiger partial charge < -0.3 is 0 Å². The van der Waals surface area contributed by atoms with E-state index in [1.54, 1.807) is 12.3 Å². The number of nitrogens with zero attached hydrogens (tertiary/aromatic N) is 3. The van der Waals surface area contributed by atoms with Crippen LogP contribution in [-0.2, 0) is 12.8 Å². The van der Waals surface area contributed by atoms with Crippen molar-refractivity contribution in [1.82, 2.24) is 15.2 Å². The molecule has 0 fully saturated rings. The third kappa shape index (κ3) is 3.44. The molecule has 19 heavy (non-hydrogen) atoms. The first kappa shape index (κ1) is 13.8. The van der Waals surface area contributed by atoms with Gasteiger partial charge in [-0.3, -0.25) is 9.78 Å². The van der Waals surface area contributed by atoms with Gasteiger partial charge in [0.15, 0.2) is 5.78 Å². The van der Waals surface area contributed by atoms with Crippen LogP contribution in [0.25, 0.3) is 0 Å². The van der Waals surface area contributed by atoms with E-state index in [1.165, 1.54) is 0 Å². The molecule has 0 spiro atoms. The molecule has 2 aromatic rings. The molecule has 4 nitrogen and oxygen atoms in total. The molecule has 0 saturated heterocycles. The lowest BCUT2D eigenvalue weighted by molar-refractivity contribution is 0.0990. The molecule has 98 valence electrons. The standard InChI is InChI=1S/C14H14BrN3O/c1-3-13-12(6-9(2)17-18-13)14(19)7-11-5-4-10(15)8-16-11/h4-6,8H,3,7H2,1-2H3. The van der Waals surface area contributed by atoms with Crippen molar-refractivity contribution in [3.8, 4) is 0 Å². The first-order chi connectivity index (χ1) is 9.10. The molecule has 0 saturated carbocycles. The number of aryl methyl sites for hydroxylation is 2.